The molecule has 3 rings (SSSR count). The van der Waals surface area contributed by atoms with Crippen LogP contribution in [0.4, 0.5) is 0 Å². The number of nitrogens with one attached hydrogen (secondary N) is 1. The first-order chi connectivity index (χ1) is 11.9. The molecule has 1 amide bonds. The molecule has 0 saturated carbocycles. The average molecular weight is 339 g/mol. The first-order valence-corrected chi connectivity index (χ1v) is 8.01. The minimum atomic E-state index is -1.05. The fraction of sp³-hybridized carbons (Fsp3) is 0.278. The maximum atomic E-state index is 12.4. The number of rotatable bonds is 6. The van der Waals surface area contributed by atoms with Crippen LogP contribution in [0.5, 0.6) is 5.88 Å². The van der Waals surface area contributed by atoms with Crippen molar-refractivity contribution in [2.45, 2.75) is 26.0 Å². The van der Waals surface area contributed by atoms with Gasteiger partial charge in [-0.15, -0.1) is 5.10 Å². The standard InChI is InChI=1S/C18H21N5O2/c1-18(2,17(24)19-13-14-9-11-22(3)20-14)25-16-10-12-23(21-16)15-7-5-4-6-8-15/h4-12H,13H2,1-3H3,(H,19,24). The third-order valence-electron chi connectivity index (χ3n) is 3.69. The van der Waals surface area contributed by atoms with Crippen LogP contribution < -0.4 is 10.1 Å². The number of carbonyl (C=O) groups excluding carboxylic acids is 1. The van der Waals surface area contributed by atoms with Crippen LogP contribution in [0.25, 0.3) is 5.69 Å². The predicted molar refractivity (Wildman–Crippen MR) is 93.3 cm³/mol. The van der Waals surface area contributed by atoms with Gasteiger partial charge >= 0.3 is 0 Å². The van der Waals surface area contributed by atoms with Crippen molar-refractivity contribution in [1.29, 1.82) is 0 Å². The third kappa shape index (κ3) is 4.06. The SMILES string of the molecule is Cn1ccc(CNC(=O)C(C)(C)Oc2ccn(-c3ccccc3)n2)n1. The van der Waals surface area contributed by atoms with Gasteiger partial charge in [0.15, 0.2) is 5.60 Å². The summed E-state index contributed by atoms with van der Waals surface area (Å²) in [7, 11) is 1.83. The van der Waals surface area contributed by atoms with Gasteiger partial charge in [0.25, 0.3) is 5.91 Å². The number of aryl methyl sites for hydroxylation is 1. The number of amides is 1. The van der Waals surface area contributed by atoms with E-state index in [0.29, 0.717) is 12.4 Å². The lowest BCUT2D eigenvalue weighted by Crippen LogP contribution is -2.46. The summed E-state index contributed by atoms with van der Waals surface area (Å²) in [4.78, 5) is 12.4. The molecule has 25 heavy (non-hydrogen) atoms. The molecule has 7 nitrogen and oxygen atoms in total. The van der Waals surface area contributed by atoms with E-state index >= 15 is 0 Å². The summed E-state index contributed by atoms with van der Waals surface area (Å²) in [5.41, 5.74) is 0.666. The van der Waals surface area contributed by atoms with Crippen molar-refractivity contribution in [3.05, 3.63) is 60.6 Å². The van der Waals surface area contributed by atoms with Crippen LogP contribution in [0.1, 0.15) is 19.5 Å². The lowest BCUT2D eigenvalue weighted by atomic mass is 10.1. The molecule has 7 heteroatoms. The van der Waals surface area contributed by atoms with Gasteiger partial charge in [0, 0.05) is 25.5 Å². The molecular formula is C18H21N5O2. The highest BCUT2D eigenvalue weighted by Gasteiger charge is 2.30. The van der Waals surface area contributed by atoms with E-state index in [-0.39, 0.29) is 5.91 Å². The Morgan fingerprint density at radius 3 is 2.56 bits per heavy atom. The van der Waals surface area contributed by atoms with Gasteiger partial charge in [0.2, 0.25) is 5.88 Å². The van der Waals surface area contributed by atoms with E-state index in [2.05, 4.69) is 15.5 Å². The van der Waals surface area contributed by atoms with Gasteiger partial charge < -0.3 is 10.1 Å². The first kappa shape index (κ1) is 16.8. The van der Waals surface area contributed by atoms with Crippen molar-refractivity contribution in [2.75, 3.05) is 0 Å². The molecule has 130 valence electrons. The Morgan fingerprint density at radius 2 is 1.88 bits per heavy atom. The summed E-state index contributed by atoms with van der Waals surface area (Å²) < 4.78 is 9.19. The monoisotopic (exact) mass is 339 g/mol. The Hall–Kier alpha value is -3.09. The molecule has 0 atom stereocenters. The van der Waals surface area contributed by atoms with Crippen molar-refractivity contribution in [3.63, 3.8) is 0 Å². The smallest absolute Gasteiger partial charge is 0.263 e. The second-order valence-electron chi connectivity index (χ2n) is 6.21. The number of hydrogen-bond acceptors (Lipinski definition) is 4. The molecule has 0 radical (unpaired) electrons. The van der Waals surface area contributed by atoms with Gasteiger partial charge in [0.1, 0.15) is 0 Å². The average Bonchev–Trinajstić information content (AvgIpc) is 3.22. The van der Waals surface area contributed by atoms with Crippen LogP contribution in [-0.4, -0.2) is 31.1 Å². The Bertz CT molecular complexity index is 851. The third-order valence-corrected chi connectivity index (χ3v) is 3.69. The van der Waals surface area contributed by atoms with Crippen molar-refractivity contribution in [3.8, 4) is 11.6 Å². The van der Waals surface area contributed by atoms with Crippen LogP contribution in [0, 0.1) is 0 Å². The molecule has 2 aromatic heterocycles. The van der Waals surface area contributed by atoms with E-state index in [9.17, 15) is 4.79 Å². The second-order valence-corrected chi connectivity index (χ2v) is 6.21. The number of benzene rings is 1. The van der Waals surface area contributed by atoms with Crippen molar-refractivity contribution >= 4 is 5.91 Å². The zero-order valence-corrected chi connectivity index (χ0v) is 14.5. The predicted octanol–water partition coefficient (Wildman–Crippen LogP) is 2.08. The summed E-state index contributed by atoms with van der Waals surface area (Å²) in [5.74, 6) is 0.161. The zero-order valence-electron chi connectivity index (χ0n) is 14.5. The van der Waals surface area contributed by atoms with Crippen LogP contribution in [0.2, 0.25) is 0 Å². The van der Waals surface area contributed by atoms with Crippen LogP contribution in [-0.2, 0) is 18.4 Å². The van der Waals surface area contributed by atoms with E-state index in [1.165, 1.54) is 0 Å². The van der Waals surface area contributed by atoms with Crippen LogP contribution >= 0.6 is 0 Å². The molecule has 0 aliphatic heterocycles. The van der Waals surface area contributed by atoms with Gasteiger partial charge in [-0.25, -0.2) is 4.68 Å². The number of carbonyl (C=O) groups is 1. The number of nitrogens with zero attached hydrogens (tertiary/aromatic N) is 4. The lowest BCUT2D eigenvalue weighted by molar-refractivity contribution is -0.134. The molecule has 0 aliphatic carbocycles. The molecule has 2 heterocycles. The van der Waals surface area contributed by atoms with Gasteiger partial charge in [-0.2, -0.15) is 5.10 Å². The number of ether oxygens (including phenoxy) is 1. The maximum absolute atomic E-state index is 12.4. The molecule has 1 aromatic carbocycles. The van der Waals surface area contributed by atoms with E-state index in [1.54, 1.807) is 35.5 Å². The minimum absolute atomic E-state index is 0.229. The van der Waals surface area contributed by atoms with E-state index in [1.807, 2.05) is 49.6 Å². The molecule has 0 unspecified atom stereocenters. The summed E-state index contributed by atoms with van der Waals surface area (Å²) >= 11 is 0. The number of hydrogen-bond donors (Lipinski definition) is 1. The number of para-hydroxylation sites is 1. The molecular weight excluding hydrogens is 318 g/mol. The fourth-order valence-corrected chi connectivity index (χ4v) is 2.34. The zero-order chi connectivity index (χ0) is 17.9. The fourth-order valence-electron chi connectivity index (χ4n) is 2.34. The van der Waals surface area contributed by atoms with Gasteiger partial charge in [-0.05, 0) is 32.0 Å². The van der Waals surface area contributed by atoms with Gasteiger partial charge in [-0.3, -0.25) is 9.48 Å². The van der Waals surface area contributed by atoms with Gasteiger partial charge in [0.05, 0.1) is 17.9 Å². The Labute approximate surface area is 146 Å². The second kappa shape index (κ2) is 6.80. The summed E-state index contributed by atoms with van der Waals surface area (Å²) in [6.07, 6.45) is 3.63. The molecule has 3 aromatic rings. The lowest BCUT2D eigenvalue weighted by Gasteiger charge is -2.23. The highest BCUT2D eigenvalue weighted by molar-refractivity contribution is 5.84. The first-order valence-electron chi connectivity index (χ1n) is 8.01. The van der Waals surface area contributed by atoms with E-state index < -0.39 is 5.60 Å². The van der Waals surface area contributed by atoms with Crippen molar-refractivity contribution in [2.24, 2.45) is 7.05 Å². The highest BCUT2D eigenvalue weighted by atomic mass is 16.5. The Balaban J connectivity index is 1.62. The Morgan fingerprint density at radius 1 is 1.12 bits per heavy atom. The topological polar surface area (TPSA) is 74.0 Å². The molecule has 0 fully saturated rings. The van der Waals surface area contributed by atoms with E-state index in [4.69, 9.17) is 4.74 Å². The molecule has 1 N–H and O–H groups in total. The van der Waals surface area contributed by atoms with Crippen molar-refractivity contribution in [1.82, 2.24) is 24.9 Å². The van der Waals surface area contributed by atoms with Gasteiger partial charge in [-0.1, -0.05) is 18.2 Å². The summed E-state index contributed by atoms with van der Waals surface area (Å²) in [6, 6.07) is 13.3. The van der Waals surface area contributed by atoms with Crippen LogP contribution in [0.3, 0.4) is 0 Å². The molecule has 0 saturated heterocycles. The normalized spacial score (nSPS) is 11.3. The van der Waals surface area contributed by atoms with Crippen LogP contribution in [0.15, 0.2) is 54.9 Å². The summed E-state index contributed by atoms with van der Waals surface area (Å²) in [6.45, 7) is 3.77. The largest absolute Gasteiger partial charge is 0.460 e. The maximum Gasteiger partial charge on any atom is 0.263 e. The Kier molecular flexibility index (Phi) is 4.56. The molecule has 0 spiro atoms. The minimum Gasteiger partial charge on any atom is -0.460 e. The summed E-state index contributed by atoms with van der Waals surface area (Å²) in [5, 5.41) is 11.4. The number of aromatic nitrogens is 4. The molecule has 0 bridgehead atoms. The molecule has 0 aliphatic rings. The highest BCUT2D eigenvalue weighted by Crippen LogP contribution is 2.18. The quantitative estimate of drug-likeness (QED) is 0.746. The van der Waals surface area contributed by atoms with Crippen molar-refractivity contribution < 1.29 is 9.53 Å². The van der Waals surface area contributed by atoms with E-state index in [0.717, 1.165) is 11.4 Å².